The molecule has 21 heavy (non-hydrogen) atoms. The monoisotopic (exact) mass is 304 g/mol. The van der Waals surface area contributed by atoms with E-state index in [1.165, 1.54) is 19.3 Å². The van der Waals surface area contributed by atoms with E-state index in [0.717, 1.165) is 36.1 Å². The number of fused-ring (bicyclic) bond motifs is 6. The lowest BCUT2D eigenvalue weighted by Crippen LogP contribution is -2.30. The number of hydrogen-bond acceptors (Lipinski definition) is 3. The third-order valence-corrected chi connectivity index (χ3v) is 7.58. The van der Waals surface area contributed by atoms with E-state index in [9.17, 15) is 8.42 Å². The Kier molecular flexibility index (Phi) is 2.38. The van der Waals surface area contributed by atoms with Gasteiger partial charge in [-0.1, -0.05) is 0 Å². The van der Waals surface area contributed by atoms with Crippen molar-refractivity contribution in [3.8, 4) is 0 Å². The lowest BCUT2D eigenvalue weighted by molar-refractivity contribution is 0.456. The van der Waals surface area contributed by atoms with Gasteiger partial charge in [-0.25, -0.2) is 13.1 Å². The van der Waals surface area contributed by atoms with Crippen molar-refractivity contribution < 1.29 is 8.42 Å². The Bertz CT molecular complexity index is 699. The zero-order valence-corrected chi connectivity index (χ0v) is 12.7. The molecule has 3 saturated carbocycles. The van der Waals surface area contributed by atoms with Gasteiger partial charge in [-0.2, -0.15) is 0 Å². The molecule has 112 valence electrons. The number of anilines is 1. The van der Waals surface area contributed by atoms with Crippen LogP contribution in [0.2, 0.25) is 0 Å². The molecule has 5 rings (SSSR count). The van der Waals surface area contributed by atoms with E-state index in [1.54, 1.807) is 6.07 Å². The number of benzene rings is 1. The molecule has 1 aromatic rings. The Morgan fingerprint density at radius 1 is 1.14 bits per heavy atom. The van der Waals surface area contributed by atoms with E-state index in [0.29, 0.717) is 16.7 Å². The minimum absolute atomic E-state index is 0.215. The van der Waals surface area contributed by atoms with Crippen LogP contribution in [0, 0.1) is 23.7 Å². The summed E-state index contributed by atoms with van der Waals surface area (Å²) in [5.41, 5.74) is 2.20. The van der Waals surface area contributed by atoms with Gasteiger partial charge >= 0.3 is 0 Å². The molecular formula is C16H20N2O2S. The van der Waals surface area contributed by atoms with Crippen molar-refractivity contribution in [2.24, 2.45) is 23.7 Å². The molecule has 5 heteroatoms. The SMILES string of the molecule is O=S(=O)(NC1C2C3CCC(C3)C12)c1ccc2c(c1)CCN2. The molecule has 4 nitrogen and oxygen atoms in total. The molecule has 2 N–H and O–H groups in total. The molecule has 3 fully saturated rings. The molecule has 1 aromatic carbocycles. The van der Waals surface area contributed by atoms with E-state index in [1.807, 2.05) is 12.1 Å². The van der Waals surface area contributed by atoms with Crippen molar-refractivity contribution in [1.82, 2.24) is 4.72 Å². The van der Waals surface area contributed by atoms with Gasteiger partial charge in [0.1, 0.15) is 0 Å². The molecule has 0 saturated heterocycles. The zero-order chi connectivity index (χ0) is 14.2. The van der Waals surface area contributed by atoms with Gasteiger partial charge in [-0.3, -0.25) is 0 Å². The second kappa shape index (κ2) is 4.02. The molecule has 0 spiro atoms. The minimum Gasteiger partial charge on any atom is -0.384 e. The largest absolute Gasteiger partial charge is 0.384 e. The Balaban J connectivity index is 1.39. The number of hydrogen-bond donors (Lipinski definition) is 2. The third kappa shape index (κ3) is 1.73. The summed E-state index contributed by atoms with van der Waals surface area (Å²) in [6.07, 6.45) is 4.89. The molecule has 4 atom stereocenters. The summed E-state index contributed by atoms with van der Waals surface area (Å²) in [6.45, 7) is 0.905. The van der Waals surface area contributed by atoms with Crippen molar-refractivity contribution in [3.05, 3.63) is 23.8 Å². The molecule has 4 unspecified atom stereocenters. The van der Waals surface area contributed by atoms with E-state index < -0.39 is 10.0 Å². The normalized spacial score (nSPS) is 39.0. The zero-order valence-electron chi connectivity index (χ0n) is 11.9. The molecule has 0 aromatic heterocycles. The first-order valence-electron chi connectivity index (χ1n) is 8.03. The van der Waals surface area contributed by atoms with E-state index in [4.69, 9.17) is 0 Å². The predicted molar refractivity (Wildman–Crippen MR) is 80.6 cm³/mol. The molecule has 2 bridgehead atoms. The average Bonchev–Trinajstić information content (AvgIpc) is 2.93. The van der Waals surface area contributed by atoms with Gasteiger partial charge in [0.25, 0.3) is 0 Å². The van der Waals surface area contributed by atoms with Crippen molar-refractivity contribution >= 4 is 15.7 Å². The molecule has 4 aliphatic rings. The minimum atomic E-state index is -3.36. The van der Waals surface area contributed by atoms with Gasteiger partial charge in [-0.05, 0) is 73.1 Å². The Hall–Kier alpha value is -1.07. The Morgan fingerprint density at radius 2 is 1.90 bits per heavy atom. The molecule has 1 heterocycles. The third-order valence-electron chi connectivity index (χ3n) is 6.12. The maximum atomic E-state index is 12.6. The molecule has 0 amide bonds. The second-order valence-corrected chi connectivity index (χ2v) is 8.84. The fourth-order valence-electron chi connectivity index (χ4n) is 5.18. The van der Waals surface area contributed by atoms with Crippen LogP contribution in [0.5, 0.6) is 0 Å². The van der Waals surface area contributed by atoms with Crippen LogP contribution >= 0.6 is 0 Å². The van der Waals surface area contributed by atoms with Gasteiger partial charge in [0, 0.05) is 18.3 Å². The highest BCUT2D eigenvalue weighted by atomic mass is 32.2. The topological polar surface area (TPSA) is 58.2 Å². The summed E-state index contributed by atoms with van der Waals surface area (Å²) in [4.78, 5) is 0.433. The molecule has 3 aliphatic carbocycles. The molecule has 0 radical (unpaired) electrons. The smallest absolute Gasteiger partial charge is 0.240 e. The van der Waals surface area contributed by atoms with E-state index >= 15 is 0 Å². The maximum absolute atomic E-state index is 12.6. The highest BCUT2D eigenvalue weighted by molar-refractivity contribution is 7.89. The fraction of sp³-hybridized carbons (Fsp3) is 0.625. The highest BCUT2D eigenvalue weighted by Gasteiger charge is 2.65. The van der Waals surface area contributed by atoms with Gasteiger partial charge in [0.2, 0.25) is 10.0 Å². The number of nitrogens with one attached hydrogen (secondary N) is 2. The van der Waals surface area contributed by atoms with Gasteiger partial charge in [0.15, 0.2) is 0 Å². The maximum Gasteiger partial charge on any atom is 0.240 e. The summed E-state index contributed by atoms with van der Waals surface area (Å²) in [7, 11) is -3.36. The van der Waals surface area contributed by atoms with Gasteiger partial charge in [0.05, 0.1) is 4.90 Å². The number of sulfonamides is 1. The Morgan fingerprint density at radius 3 is 2.67 bits per heavy atom. The predicted octanol–water partition coefficient (Wildman–Crippen LogP) is 1.98. The average molecular weight is 304 g/mol. The summed E-state index contributed by atoms with van der Waals surface area (Å²) in [5, 5.41) is 3.27. The summed E-state index contributed by atoms with van der Waals surface area (Å²) >= 11 is 0. The van der Waals surface area contributed by atoms with E-state index in [2.05, 4.69) is 10.0 Å². The van der Waals surface area contributed by atoms with E-state index in [-0.39, 0.29) is 6.04 Å². The van der Waals surface area contributed by atoms with Crippen LogP contribution in [-0.2, 0) is 16.4 Å². The Labute approximate surface area is 125 Å². The molecular weight excluding hydrogens is 284 g/mol. The quantitative estimate of drug-likeness (QED) is 0.898. The van der Waals surface area contributed by atoms with Crippen LogP contribution < -0.4 is 10.0 Å². The van der Waals surface area contributed by atoms with Gasteiger partial charge < -0.3 is 5.32 Å². The van der Waals surface area contributed by atoms with Crippen LogP contribution in [0.1, 0.15) is 24.8 Å². The van der Waals surface area contributed by atoms with Gasteiger partial charge in [-0.15, -0.1) is 0 Å². The van der Waals surface area contributed by atoms with Crippen molar-refractivity contribution in [2.45, 2.75) is 36.6 Å². The van der Waals surface area contributed by atoms with Crippen LogP contribution in [0.3, 0.4) is 0 Å². The summed E-state index contributed by atoms with van der Waals surface area (Å²) in [5.74, 6) is 2.85. The van der Waals surface area contributed by atoms with Crippen LogP contribution in [-0.4, -0.2) is 21.0 Å². The van der Waals surface area contributed by atoms with Crippen LogP contribution in [0.4, 0.5) is 5.69 Å². The molecule has 1 aliphatic heterocycles. The van der Waals surface area contributed by atoms with Crippen molar-refractivity contribution in [3.63, 3.8) is 0 Å². The van der Waals surface area contributed by atoms with Crippen molar-refractivity contribution in [2.75, 3.05) is 11.9 Å². The summed E-state index contributed by atoms with van der Waals surface area (Å²) in [6, 6.07) is 5.68. The number of rotatable bonds is 3. The first-order valence-corrected chi connectivity index (χ1v) is 9.51. The lowest BCUT2D eigenvalue weighted by Gasteiger charge is -2.12. The second-order valence-electron chi connectivity index (χ2n) is 7.13. The van der Waals surface area contributed by atoms with Crippen LogP contribution in [0.15, 0.2) is 23.1 Å². The van der Waals surface area contributed by atoms with Crippen LogP contribution in [0.25, 0.3) is 0 Å². The first-order chi connectivity index (χ1) is 10.1. The van der Waals surface area contributed by atoms with Crippen molar-refractivity contribution in [1.29, 1.82) is 0 Å². The highest BCUT2D eigenvalue weighted by Crippen LogP contribution is 2.65. The fourth-order valence-corrected chi connectivity index (χ4v) is 6.53. The summed E-state index contributed by atoms with van der Waals surface area (Å²) < 4.78 is 28.2. The lowest BCUT2D eigenvalue weighted by atomic mass is 10.0. The standard InChI is InChI=1S/C16H20N2O2S/c19-21(20,12-3-4-13-9(8-12)5-6-17-13)18-16-14-10-1-2-11(7-10)15(14)16/h3-4,8,10-11,14-18H,1-2,5-7H2. The first kappa shape index (κ1) is 12.5.